The molecule has 3 nitrogen and oxygen atoms in total. The second-order valence-corrected chi connectivity index (χ2v) is 6.50. The first-order valence-electron chi connectivity index (χ1n) is 8.01. The van der Waals surface area contributed by atoms with Gasteiger partial charge in [-0.2, -0.15) is 0 Å². The van der Waals surface area contributed by atoms with Crippen LogP contribution in [0.4, 0.5) is 0 Å². The summed E-state index contributed by atoms with van der Waals surface area (Å²) >= 11 is 0. The highest BCUT2D eigenvalue weighted by Crippen LogP contribution is 2.43. The van der Waals surface area contributed by atoms with Gasteiger partial charge in [0.05, 0.1) is 6.54 Å². The van der Waals surface area contributed by atoms with E-state index in [4.69, 9.17) is 9.15 Å². The van der Waals surface area contributed by atoms with E-state index in [1.807, 2.05) is 0 Å². The smallest absolute Gasteiger partial charge is 0.176 e. The fourth-order valence-corrected chi connectivity index (χ4v) is 3.20. The van der Waals surface area contributed by atoms with Gasteiger partial charge in [0.25, 0.3) is 0 Å². The van der Waals surface area contributed by atoms with E-state index in [2.05, 4.69) is 45.1 Å². The molecule has 1 aromatic heterocycles. The molecule has 2 aromatic rings. The van der Waals surface area contributed by atoms with Crippen LogP contribution >= 0.6 is 0 Å². The molecule has 0 radical (unpaired) electrons. The number of rotatable bonds is 5. The van der Waals surface area contributed by atoms with Crippen molar-refractivity contribution >= 4 is 11.0 Å². The van der Waals surface area contributed by atoms with Crippen LogP contribution in [0.25, 0.3) is 11.0 Å². The summed E-state index contributed by atoms with van der Waals surface area (Å²) < 4.78 is 12.3. The van der Waals surface area contributed by atoms with Gasteiger partial charge < -0.3 is 14.5 Å². The third-order valence-electron chi connectivity index (χ3n) is 4.11. The highest BCUT2D eigenvalue weighted by Gasteiger charge is 2.33. The van der Waals surface area contributed by atoms with E-state index in [-0.39, 0.29) is 5.60 Å². The molecular formula is C18H25NO2. The minimum atomic E-state index is -0.129. The Labute approximate surface area is 126 Å². The highest BCUT2D eigenvalue weighted by atomic mass is 16.5. The normalized spacial score (nSPS) is 16.2. The lowest BCUT2D eigenvalue weighted by atomic mass is 9.99. The fourth-order valence-electron chi connectivity index (χ4n) is 3.20. The van der Waals surface area contributed by atoms with Crippen molar-refractivity contribution in [1.29, 1.82) is 0 Å². The standard InChI is InChI=1S/C18H25NO2/c1-5-7-13-14-9-8-12-10-18(3,4)21-16(12)17(14)20-15(13)11-19-6-2/h8-9,19H,5-7,10-11H2,1-4H3. The molecule has 1 aliphatic rings. The Balaban J connectivity index is 2.11. The van der Waals surface area contributed by atoms with Gasteiger partial charge in [-0.1, -0.05) is 32.4 Å². The van der Waals surface area contributed by atoms with E-state index in [0.29, 0.717) is 0 Å². The molecular weight excluding hydrogens is 262 g/mol. The predicted molar refractivity (Wildman–Crippen MR) is 86.0 cm³/mol. The van der Waals surface area contributed by atoms with Crippen LogP contribution < -0.4 is 10.1 Å². The molecule has 2 heterocycles. The molecule has 0 bridgehead atoms. The largest absolute Gasteiger partial charge is 0.483 e. The third kappa shape index (κ3) is 2.55. The minimum absolute atomic E-state index is 0.129. The Bertz CT molecular complexity index is 655. The third-order valence-corrected chi connectivity index (χ3v) is 4.11. The summed E-state index contributed by atoms with van der Waals surface area (Å²) in [5, 5.41) is 4.60. The van der Waals surface area contributed by atoms with Crippen LogP contribution in [-0.2, 0) is 19.4 Å². The van der Waals surface area contributed by atoms with Crippen LogP contribution in [0.1, 0.15) is 51.0 Å². The molecule has 0 saturated carbocycles. The minimum Gasteiger partial charge on any atom is -0.483 e. The molecule has 3 heteroatoms. The SMILES string of the molecule is CCCc1c(CNCC)oc2c3c(ccc12)CC(C)(C)O3. The van der Waals surface area contributed by atoms with E-state index >= 15 is 0 Å². The number of hydrogen-bond acceptors (Lipinski definition) is 3. The molecule has 3 rings (SSSR count). The molecule has 0 spiro atoms. The summed E-state index contributed by atoms with van der Waals surface area (Å²) in [5.41, 5.74) is 3.41. The molecule has 1 N–H and O–H groups in total. The maximum atomic E-state index is 6.20. The van der Waals surface area contributed by atoms with Crippen molar-refractivity contribution in [1.82, 2.24) is 5.32 Å². The first kappa shape index (κ1) is 14.5. The summed E-state index contributed by atoms with van der Waals surface area (Å²) in [4.78, 5) is 0. The molecule has 0 unspecified atom stereocenters. The van der Waals surface area contributed by atoms with Gasteiger partial charge in [-0.25, -0.2) is 0 Å². The van der Waals surface area contributed by atoms with Crippen molar-refractivity contribution < 1.29 is 9.15 Å². The second-order valence-electron chi connectivity index (χ2n) is 6.50. The van der Waals surface area contributed by atoms with Crippen LogP contribution in [0.3, 0.4) is 0 Å². The predicted octanol–water partition coefficient (Wildman–Crippen LogP) is 4.21. The number of fused-ring (bicyclic) bond motifs is 3. The summed E-state index contributed by atoms with van der Waals surface area (Å²) in [6.45, 7) is 10.3. The van der Waals surface area contributed by atoms with Crippen LogP contribution in [-0.4, -0.2) is 12.1 Å². The van der Waals surface area contributed by atoms with Crippen molar-refractivity contribution in [2.24, 2.45) is 0 Å². The lowest BCUT2D eigenvalue weighted by Crippen LogP contribution is -2.24. The topological polar surface area (TPSA) is 34.4 Å². The van der Waals surface area contributed by atoms with Crippen LogP contribution in [0, 0.1) is 0 Å². The van der Waals surface area contributed by atoms with Crippen LogP contribution in [0.5, 0.6) is 5.75 Å². The van der Waals surface area contributed by atoms with Gasteiger partial charge in [-0.05, 0) is 26.8 Å². The molecule has 0 saturated heterocycles. The summed E-state index contributed by atoms with van der Waals surface area (Å²) in [5.74, 6) is 2.02. The number of ether oxygens (including phenoxy) is 1. The van der Waals surface area contributed by atoms with E-state index in [1.54, 1.807) is 0 Å². The Morgan fingerprint density at radius 2 is 2.05 bits per heavy atom. The molecule has 1 aromatic carbocycles. The zero-order valence-corrected chi connectivity index (χ0v) is 13.5. The van der Waals surface area contributed by atoms with Gasteiger partial charge >= 0.3 is 0 Å². The zero-order chi connectivity index (χ0) is 15.0. The van der Waals surface area contributed by atoms with Crippen molar-refractivity contribution in [3.8, 4) is 5.75 Å². The lowest BCUT2D eigenvalue weighted by molar-refractivity contribution is 0.138. The van der Waals surface area contributed by atoms with Crippen LogP contribution in [0.2, 0.25) is 0 Å². The van der Waals surface area contributed by atoms with E-state index in [1.165, 1.54) is 16.5 Å². The molecule has 114 valence electrons. The zero-order valence-electron chi connectivity index (χ0n) is 13.5. The molecule has 0 fully saturated rings. The average Bonchev–Trinajstić information content (AvgIpc) is 2.93. The maximum Gasteiger partial charge on any atom is 0.176 e. The Kier molecular flexibility index (Phi) is 3.70. The van der Waals surface area contributed by atoms with Crippen molar-refractivity contribution in [2.45, 2.75) is 59.1 Å². The first-order chi connectivity index (χ1) is 10.1. The molecule has 0 aliphatic carbocycles. The van der Waals surface area contributed by atoms with E-state index in [9.17, 15) is 0 Å². The Morgan fingerprint density at radius 1 is 1.24 bits per heavy atom. The van der Waals surface area contributed by atoms with Gasteiger partial charge in [0.15, 0.2) is 11.3 Å². The molecule has 0 amide bonds. The second kappa shape index (κ2) is 5.38. The maximum absolute atomic E-state index is 6.20. The summed E-state index contributed by atoms with van der Waals surface area (Å²) in [6, 6.07) is 4.42. The van der Waals surface area contributed by atoms with Gasteiger partial charge in [-0.15, -0.1) is 0 Å². The highest BCUT2D eigenvalue weighted by molar-refractivity contribution is 5.89. The number of nitrogens with one attached hydrogen (secondary N) is 1. The van der Waals surface area contributed by atoms with E-state index < -0.39 is 0 Å². The van der Waals surface area contributed by atoms with Crippen molar-refractivity contribution in [2.75, 3.05) is 6.54 Å². The number of benzene rings is 1. The Morgan fingerprint density at radius 3 is 2.76 bits per heavy atom. The monoisotopic (exact) mass is 287 g/mol. The van der Waals surface area contributed by atoms with Gasteiger partial charge in [0, 0.05) is 22.9 Å². The molecule has 1 aliphatic heterocycles. The van der Waals surface area contributed by atoms with Gasteiger partial charge in [-0.3, -0.25) is 0 Å². The first-order valence-corrected chi connectivity index (χ1v) is 8.01. The molecule has 0 atom stereocenters. The summed E-state index contributed by atoms with van der Waals surface area (Å²) in [6.07, 6.45) is 3.12. The number of aryl methyl sites for hydroxylation is 1. The van der Waals surface area contributed by atoms with Crippen molar-refractivity contribution in [3.63, 3.8) is 0 Å². The summed E-state index contributed by atoms with van der Waals surface area (Å²) in [7, 11) is 0. The van der Waals surface area contributed by atoms with Crippen LogP contribution in [0.15, 0.2) is 16.5 Å². The fraction of sp³-hybridized carbons (Fsp3) is 0.556. The van der Waals surface area contributed by atoms with Gasteiger partial charge in [0.2, 0.25) is 0 Å². The number of furan rings is 1. The van der Waals surface area contributed by atoms with Gasteiger partial charge in [0.1, 0.15) is 11.4 Å². The molecule has 21 heavy (non-hydrogen) atoms. The Hall–Kier alpha value is -1.48. The van der Waals surface area contributed by atoms with Crippen molar-refractivity contribution in [3.05, 3.63) is 29.0 Å². The number of hydrogen-bond donors (Lipinski definition) is 1. The quantitative estimate of drug-likeness (QED) is 0.894. The van der Waals surface area contributed by atoms with E-state index in [0.717, 1.165) is 49.4 Å². The average molecular weight is 287 g/mol. The lowest BCUT2D eigenvalue weighted by Gasteiger charge is -2.16.